The number of nitriles is 1. The Morgan fingerprint density at radius 1 is 1.06 bits per heavy atom. The number of aryl methyl sites for hydroxylation is 2. The number of amides is 1. The van der Waals surface area contributed by atoms with Crippen molar-refractivity contribution in [3.8, 4) is 23.3 Å². The highest BCUT2D eigenvalue weighted by Gasteiger charge is 2.11. The monoisotopic (exact) mass is 446 g/mol. The van der Waals surface area contributed by atoms with Crippen LogP contribution in [0.1, 0.15) is 22.5 Å². The van der Waals surface area contributed by atoms with E-state index in [0.717, 1.165) is 16.9 Å². The number of ether oxygens (including phenoxy) is 3. The summed E-state index contributed by atoms with van der Waals surface area (Å²) in [4.78, 5) is 12.3. The molecule has 0 aliphatic carbocycles. The third-order valence-electron chi connectivity index (χ3n) is 4.81. The van der Waals surface area contributed by atoms with E-state index in [1.807, 2.05) is 38.1 Å². The standard InChI is InChI=1S/C26H26N2O5/c1-18-6-7-19(2)24(13-18)33-12-11-32-23-9-8-20(15-25(23)30-3)14-21(16-27)26(29)28-17-22-5-4-10-31-22/h4-10,13-15H,11-12,17H2,1-3H3,(H,28,29). The molecule has 1 N–H and O–H groups in total. The quantitative estimate of drug-likeness (QED) is 0.278. The lowest BCUT2D eigenvalue weighted by atomic mass is 10.1. The number of benzene rings is 2. The number of nitrogens with one attached hydrogen (secondary N) is 1. The molecule has 0 bridgehead atoms. The van der Waals surface area contributed by atoms with E-state index in [9.17, 15) is 10.1 Å². The van der Waals surface area contributed by atoms with E-state index in [2.05, 4.69) is 5.32 Å². The molecule has 7 heteroatoms. The van der Waals surface area contributed by atoms with E-state index in [4.69, 9.17) is 18.6 Å². The Kier molecular flexibility index (Phi) is 8.14. The SMILES string of the molecule is COc1cc(C=C(C#N)C(=O)NCc2ccco2)ccc1OCCOc1cc(C)ccc1C. The fourth-order valence-electron chi connectivity index (χ4n) is 3.05. The van der Waals surface area contributed by atoms with Crippen LogP contribution in [0.15, 0.2) is 64.8 Å². The largest absolute Gasteiger partial charge is 0.493 e. The van der Waals surface area contributed by atoms with Crippen LogP contribution in [0.25, 0.3) is 6.08 Å². The molecular weight excluding hydrogens is 420 g/mol. The van der Waals surface area contributed by atoms with Crippen molar-refractivity contribution in [2.24, 2.45) is 0 Å². The summed E-state index contributed by atoms with van der Waals surface area (Å²) >= 11 is 0. The van der Waals surface area contributed by atoms with Gasteiger partial charge in [-0.1, -0.05) is 18.2 Å². The molecule has 1 amide bonds. The molecule has 3 aromatic rings. The first kappa shape index (κ1) is 23.5. The molecule has 0 unspecified atom stereocenters. The maximum atomic E-state index is 12.3. The number of hydrogen-bond acceptors (Lipinski definition) is 6. The molecular formula is C26H26N2O5. The van der Waals surface area contributed by atoms with Gasteiger partial charge in [0.2, 0.25) is 0 Å². The lowest BCUT2D eigenvalue weighted by Crippen LogP contribution is -2.23. The molecule has 0 radical (unpaired) electrons. The van der Waals surface area contributed by atoms with Gasteiger partial charge in [-0.3, -0.25) is 4.79 Å². The zero-order valence-electron chi connectivity index (χ0n) is 18.9. The average Bonchev–Trinajstić information content (AvgIpc) is 3.35. The number of furan rings is 1. The summed E-state index contributed by atoms with van der Waals surface area (Å²) in [7, 11) is 1.53. The fraction of sp³-hybridized carbons (Fsp3) is 0.231. The molecule has 0 atom stereocenters. The molecule has 0 saturated carbocycles. The van der Waals surface area contributed by atoms with Crippen molar-refractivity contribution in [3.05, 3.63) is 82.8 Å². The highest BCUT2D eigenvalue weighted by molar-refractivity contribution is 6.01. The van der Waals surface area contributed by atoms with Crippen LogP contribution >= 0.6 is 0 Å². The van der Waals surface area contributed by atoms with Crippen LogP contribution in [-0.2, 0) is 11.3 Å². The van der Waals surface area contributed by atoms with E-state index in [1.54, 1.807) is 30.3 Å². The van der Waals surface area contributed by atoms with Crippen molar-refractivity contribution >= 4 is 12.0 Å². The Hall–Kier alpha value is -4.18. The third kappa shape index (κ3) is 6.65. The van der Waals surface area contributed by atoms with Crippen molar-refractivity contribution in [1.29, 1.82) is 5.26 Å². The van der Waals surface area contributed by atoms with Crippen LogP contribution in [-0.4, -0.2) is 26.2 Å². The molecule has 1 aromatic heterocycles. The van der Waals surface area contributed by atoms with Crippen molar-refractivity contribution in [2.75, 3.05) is 20.3 Å². The molecule has 0 aliphatic rings. The zero-order valence-corrected chi connectivity index (χ0v) is 18.9. The van der Waals surface area contributed by atoms with Gasteiger partial charge in [0.1, 0.15) is 36.4 Å². The Morgan fingerprint density at radius 3 is 2.55 bits per heavy atom. The Balaban J connectivity index is 1.60. The molecule has 0 fully saturated rings. The van der Waals surface area contributed by atoms with Gasteiger partial charge >= 0.3 is 0 Å². The lowest BCUT2D eigenvalue weighted by molar-refractivity contribution is -0.117. The van der Waals surface area contributed by atoms with Gasteiger partial charge in [0.15, 0.2) is 11.5 Å². The normalized spacial score (nSPS) is 10.9. The summed E-state index contributed by atoms with van der Waals surface area (Å²) in [5, 5.41) is 12.1. The predicted octanol–water partition coefficient (Wildman–Crippen LogP) is 4.59. The summed E-state index contributed by atoms with van der Waals surface area (Å²) in [6, 6.07) is 16.7. The minimum Gasteiger partial charge on any atom is -0.493 e. The molecule has 33 heavy (non-hydrogen) atoms. The molecule has 0 aliphatic heterocycles. The number of hydrogen-bond donors (Lipinski definition) is 1. The van der Waals surface area contributed by atoms with Crippen LogP contribution in [0.3, 0.4) is 0 Å². The second-order valence-corrected chi connectivity index (χ2v) is 7.31. The van der Waals surface area contributed by atoms with Gasteiger partial charge in [-0.2, -0.15) is 5.26 Å². The zero-order chi connectivity index (χ0) is 23.6. The van der Waals surface area contributed by atoms with Gasteiger partial charge < -0.3 is 23.9 Å². The van der Waals surface area contributed by atoms with E-state index >= 15 is 0 Å². The lowest BCUT2D eigenvalue weighted by Gasteiger charge is -2.13. The van der Waals surface area contributed by atoms with Gasteiger partial charge in [-0.25, -0.2) is 0 Å². The second kappa shape index (κ2) is 11.4. The van der Waals surface area contributed by atoms with Gasteiger partial charge in [-0.15, -0.1) is 0 Å². The van der Waals surface area contributed by atoms with Gasteiger partial charge in [-0.05, 0) is 66.9 Å². The molecule has 3 rings (SSSR count). The minimum atomic E-state index is -0.489. The van der Waals surface area contributed by atoms with E-state index < -0.39 is 5.91 Å². The van der Waals surface area contributed by atoms with Gasteiger partial charge in [0.25, 0.3) is 5.91 Å². The maximum absolute atomic E-state index is 12.3. The van der Waals surface area contributed by atoms with Crippen LogP contribution in [0.4, 0.5) is 0 Å². The number of nitrogens with zero attached hydrogens (tertiary/aromatic N) is 1. The highest BCUT2D eigenvalue weighted by atomic mass is 16.5. The number of methoxy groups -OCH3 is 1. The molecule has 7 nitrogen and oxygen atoms in total. The number of carbonyl (C=O) groups is 1. The first-order valence-electron chi connectivity index (χ1n) is 10.4. The minimum absolute atomic E-state index is 0.0285. The number of carbonyl (C=O) groups excluding carboxylic acids is 1. The number of rotatable bonds is 10. The smallest absolute Gasteiger partial charge is 0.262 e. The average molecular weight is 447 g/mol. The van der Waals surface area contributed by atoms with Crippen LogP contribution in [0, 0.1) is 25.2 Å². The molecule has 170 valence electrons. The molecule has 0 spiro atoms. The third-order valence-corrected chi connectivity index (χ3v) is 4.81. The van der Waals surface area contributed by atoms with Crippen molar-refractivity contribution in [1.82, 2.24) is 5.32 Å². The highest BCUT2D eigenvalue weighted by Crippen LogP contribution is 2.29. The first-order chi connectivity index (χ1) is 16.0. The molecule has 1 heterocycles. The molecule has 0 saturated heterocycles. The van der Waals surface area contributed by atoms with Gasteiger partial charge in [0.05, 0.1) is 19.9 Å². The van der Waals surface area contributed by atoms with Gasteiger partial charge in [0, 0.05) is 0 Å². The molecule has 2 aromatic carbocycles. The van der Waals surface area contributed by atoms with Crippen molar-refractivity contribution in [3.63, 3.8) is 0 Å². The van der Waals surface area contributed by atoms with Crippen LogP contribution in [0.2, 0.25) is 0 Å². The first-order valence-corrected chi connectivity index (χ1v) is 10.4. The Bertz CT molecular complexity index is 1160. The van der Waals surface area contributed by atoms with Crippen molar-refractivity contribution < 1.29 is 23.4 Å². The topological polar surface area (TPSA) is 93.7 Å². The van der Waals surface area contributed by atoms with Crippen LogP contribution in [0.5, 0.6) is 17.2 Å². The second-order valence-electron chi connectivity index (χ2n) is 7.31. The summed E-state index contributed by atoms with van der Waals surface area (Å²) in [5.41, 5.74) is 2.80. The van der Waals surface area contributed by atoms with E-state index in [1.165, 1.54) is 19.4 Å². The van der Waals surface area contributed by atoms with E-state index in [0.29, 0.717) is 36.0 Å². The Morgan fingerprint density at radius 2 is 1.85 bits per heavy atom. The summed E-state index contributed by atoms with van der Waals surface area (Å²) < 4.78 is 22.2. The predicted molar refractivity (Wildman–Crippen MR) is 124 cm³/mol. The summed E-state index contributed by atoms with van der Waals surface area (Å²) in [6.07, 6.45) is 3.02. The Labute approximate surface area is 193 Å². The van der Waals surface area contributed by atoms with Crippen molar-refractivity contribution in [2.45, 2.75) is 20.4 Å². The summed E-state index contributed by atoms with van der Waals surface area (Å²) in [6.45, 7) is 4.92. The van der Waals surface area contributed by atoms with Crippen LogP contribution < -0.4 is 19.5 Å². The maximum Gasteiger partial charge on any atom is 0.262 e. The fourth-order valence-corrected chi connectivity index (χ4v) is 3.05. The summed E-state index contributed by atoms with van der Waals surface area (Å²) in [5.74, 6) is 1.98. The van der Waals surface area contributed by atoms with E-state index in [-0.39, 0.29) is 12.1 Å².